The van der Waals surface area contributed by atoms with Crippen molar-refractivity contribution in [2.75, 3.05) is 26.3 Å². The Bertz CT molecular complexity index is 970. The second-order valence-corrected chi connectivity index (χ2v) is 8.82. The highest BCUT2D eigenvalue weighted by molar-refractivity contribution is 5.79. The number of halogens is 1. The number of hydrogen-bond acceptors (Lipinski definition) is 5. The van der Waals surface area contributed by atoms with Crippen LogP contribution < -0.4 is 5.32 Å². The number of carbonyl (C=O) groups is 2. The maximum Gasteiger partial charge on any atom is 0.227 e. The van der Waals surface area contributed by atoms with Gasteiger partial charge < -0.3 is 19.5 Å². The first kappa shape index (κ1) is 22.4. The largest absolute Gasteiger partial charge is 0.381 e. The molecule has 0 aliphatic carbocycles. The number of hydrogen-bond donors (Lipinski definition) is 1. The summed E-state index contributed by atoms with van der Waals surface area (Å²) in [5.41, 5.74) is 0.403. The Hall–Kier alpha value is -2.81. The third-order valence-electron chi connectivity index (χ3n) is 6.25. The van der Waals surface area contributed by atoms with Gasteiger partial charge in [0.15, 0.2) is 5.82 Å². The number of nitrogens with one attached hydrogen (secondary N) is 1. The monoisotopic (exact) mass is 443 g/mol. The lowest BCUT2D eigenvalue weighted by Gasteiger charge is -2.24. The van der Waals surface area contributed by atoms with Gasteiger partial charge in [-0.2, -0.15) is 0 Å². The fraction of sp³-hybridized carbons (Fsp3) is 0.565. The molecule has 4 rings (SSSR count). The highest BCUT2D eigenvalue weighted by Gasteiger charge is 2.31. The summed E-state index contributed by atoms with van der Waals surface area (Å²) in [5.74, 6) is 1.01. The molecule has 2 aliphatic heterocycles. The van der Waals surface area contributed by atoms with Crippen LogP contribution in [0.2, 0.25) is 0 Å². The molecule has 2 atom stereocenters. The van der Waals surface area contributed by atoms with Crippen molar-refractivity contribution in [2.24, 2.45) is 11.8 Å². The molecule has 1 fully saturated rings. The van der Waals surface area contributed by atoms with E-state index in [9.17, 15) is 14.0 Å². The van der Waals surface area contributed by atoms with Crippen LogP contribution in [0.25, 0.3) is 0 Å². The maximum atomic E-state index is 14.0. The number of amides is 2. The molecule has 8 nitrogen and oxygen atoms in total. The quantitative estimate of drug-likeness (QED) is 0.737. The number of nitrogens with zero attached hydrogens (tertiary/aromatic N) is 4. The van der Waals surface area contributed by atoms with Gasteiger partial charge in [0, 0.05) is 32.7 Å². The molecule has 3 heterocycles. The zero-order valence-electron chi connectivity index (χ0n) is 18.6. The minimum absolute atomic E-state index is 0.0196. The summed E-state index contributed by atoms with van der Waals surface area (Å²) in [7, 11) is 0. The first-order valence-electron chi connectivity index (χ1n) is 11.2. The Morgan fingerprint density at radius 3 is 2.75 bits per heavy atom. The number of ether oxygens (including phenoxy) is 1. The second kappa shape index (κ2) is 9.77. The molecule has 0 spiro atoms. The molecule has 0 radical (unpaired) electrons. The summed E-state index contributed by atoms with van der Waals surface area (Å²) >= 11 is 0. The summed E-state index contributed by atoms with van der Waals surface area (Å²) in [4.78, 5) is 27.3. The van der Waals surface area contributed by atoms with E-state index >= 15 is 0 Å². The van der Waals surface area contributed by atoms with Crippen LogP contribution >= 0.6 is 0 Å². The summed E-state index contributed by atoms with van der Waals surface area (Å²) in [5, 5.41) is 11.9. The number of carbonyl (C=O) groups excluding carboxylic acids is 2. The van der Waals surface area contributed by atoms with E-state index in [-0.39, 0.29) is 41.9 Å². The first-order chi connectivity index (χ1) is 15.4. The van der Waals surface area contributed by atoms with Crippen molar-refractivity contribution in [2.45, 2.75) is 45.7 Å². The van der Waals surface area contributed by atoms with E-state index in [1.807, 2.05) is 18.4 Å². The summed E-state index contributed by atoms with van der Waals surface area (Å²) in [6.07, 6.45) is 1.33. The SMILES string of the molecule is CC(C)[C@@H](NC(=O)[C@@H]1CCOC1)c1nnc2n1CCN(C(=O)Cc1ccccc1F)CC2. The molecule has 1 saturated heterocycles. The van der Waals surface area contributed by atoms with Gasteiger partial charge in [0.1, 0.15) is 11.6 Å². The molecule has 2 amide bonds. The van der Waals surface area contributed by atoms with Crippen LogP contribution in [0.3, 0.4) is 0 Å². The molecule has 2 aliphatic rings. The van der Waals surface area contributed by atoms with Crippen molar-refractivity contribution >= 4 is 11.8 Å². The highest BCUT2D eigenvalue weighted by Crippen LogP contribution is 2.24. The normalized spacial score (nSPS) is 19.5. The molecule has 1 aromatic heterocycles. The Morgan fingerprint density at radius 2 is 2.03 bits per heavy atom. The number of aromatic nitrogens is 3. The standard InChI is InChI=1S/C23H30FN5O3/c1-15(2)21(25-23(31)17-8-12-32-14-17)22-27-26-19-7-9-28(10-11-29(19)22)20(30)13-16-5-3-4-6-18(16)24/h3-6,15,17,21H,7-14H2,1-2H3,(H,25,31)/t17-,21-/m1/s1. The predicted octanol–water partition coefficient (Wildman–Crippen LogP) is 1.89. The van der Waals surface area contributed by atoms with E-state index in [1.165, 1.54) is 6.07 Å². The summed E-state index contributed by atoms with van der Waals surface area (Å²) in [6.45, 7) is 6.67. The Balaban J connectivity index is 1.45. The fourth-order valence-electron chi connectivity index (χ4n) is 4.28. The second-order valence-electron chi connectivity index (χ2n) is 8.82. The molecule has 1 N–H and O–H groups in total. The fourth-order valence-corrected chi connectivity index (χ4v) is 4.28. The van der Waals surface area contributed by atoms with Gasteiger partial charge in [-0.05, 0) is 24.0 Å². The third kappa shape index (κ3) is 4.82. The molecule has 0 unspecified atom stereocenters. The minimum atomic E-state index is -0.363. The van der Waals surface area contributed by atoms with Crippen molar-refractivity contribution in [1.29, 1.82) is 0 Å². The van der Waals surface area contributed by atoms with Crippen molar-refractivity contribution < 1.29 is 18.7 Å². The van der Waals surface area contributed by atoms with Gasteiger partial charge in [0.2, 0.25) is 11.8 Å². The zero-order chi connectivity index (χ0) is 22.7. The lowest BCUT2D eigenvalue weighted by molar-refractivity contribution is -0.130. The lowest BCUT2D eigenvalue weighted by Crippen LogP contribution is -2.38. The Labute approximate surface area is 187 Å². The van der Waals surface area contributed by atoms with E-state index in [1.54, 1.807) is 23.1 Å². The van der Waals surface area contributed by atoms with Crippen LogP contribution in [0.5, 0.6) is 0 Å². The van der Waals surface area contributed by atoms with E-state index in [0.717, 1.165) is 12.2 Å². The van der Waals surface area contributed by atoms with Crippen molar-refractivity contribution in [3.05, 3.63) is 47.3 Å². The molecule has 172 valence electrons. The lowest BCUT2D eigenvalue weighted by atomic mass is 10.0. The van der Waals surface area contributed by atoms with Gasteiger partial charge in [-0.1, -0.05) is 32.0 Å². The van der Waals surface area contributed by atoms with Gasteiger partial charge in [-0.15, -0.1) is 10.2 Å². The molecule has 0 saturated carbocycles. The van der Waals surface area contributed by atoms with Gasteiger partial charge in [-0.25, -0.2) is 4.39 Å². The van der Waals surface area contributed by atoms with Crippen LogP contribution in [0.15, 0.2) is 24.3 Å². The predicted molar refractivity (Wildman–Crippen MR) is 115 cm³/mol. The smallest absolute Gasteiger partial charge is 0.227 e. The van der Waals surface area contributed by atoms with E-state index < -0.39 is 0 Å². The highest BCUT2D eigenvalue weighted by atomic mass is 19.1. The average Bonchev–Trinajstić information content (AvgIpc) is 3.39. The van der Waals surface area contributed by atoms with Crippen molar-refractivity contribution in [3.63, 3.8) is 0 Å². The third-order valence-corrected chi connectivity index (χ3v) is 6.25. The Kier molecular flexibility index (Phi) is 6.83. The molecule has 9 heteroatoms. The van der Waals surface area contributed by atoms with Crippen LogP contribution in [-0.4, -0.2) is 57.8 Å². The van der Waals surface area contributed by atoms with E-state index in [2.05, 4.69) is 15.5 Å². The van der Waals surface area contributed by atoms with Crippen LogP contribution in [-0.2, 0) is 33.7 Å². The average molecular weight is 444 g/mol. The van der Waals surface area contributed by atoms with Gasteiger partial charge >= 0.3 is 0 Å². The molecular formula is C23H30FN5O3. The molecule has 1 aromatic carbocycles. The minimum Gasteiger partial charge on any atom is -0.381 e. The molecule has 0 bridgehead atoms. The molecule has 32 heavy (non-hydrogen) atoms. The van der Waals surface area contributed by atoms with Crippen molar-refractivity contribution in [1.82, 2.24) is 25.0 Å². The molecule has 2 aromatic rings. The number of benzene rings is 1. The van der Waals surface area contributed by atoms with Crippen LogP contribution in [0.1, 0.15) is 43.5 Å². The van der Waals surface area contributed by atoms with Gasteiger partial charge in [0.05, 0.1) is 25.0 Å². The van der Waals surface area contributed by atoms with Gasteiger partial charge in [0.25, 0.3) is 0 Å². The maximum absolute atomic E-state index is 14.0. The van der Waals surface area contributed by atoms with Crippen LogP contribution in [0, 0.1) is 17.7 Å². The number of rotatable bonds is 6. The topological polar surface area (TPSA) is 89.3 Å². The van der Waals surface area contributed by atoms with E-state index in [0.29, 0.717) is 50.7 Å². The first-order valence-corrected chi connectivity index (χ1v) is 11.2. The number of fused-ring (bicyclic) bond motifs is 1. The summed E-state index contributed by atoms with van der Waals surface area (Å²) < 4.78 is 21.3. The van der Waals surface area contributed by atoms with Gasteiger partial charge in [-0.3, -0.25) is 9.59 Å². The Morgan fingerprint density at radius 1 is 1.22 bits per heavy atom. The zero-order valence-corrected chi connectivity index (χ0v) is 18.6. The van der Waals surface area contributed by atoms with Crippen molar-refractivity contribution in [3.8, 4) is 0 Å². The van der Waals surface area contributed by atoms with Crippen LogP contribution in [0.4, 0.5) is 4.39 Å². The summed E-state index contributed by atoms with van der Waals surface area (Å²) in [6, 6.07) is 6.09. The van der Waals surface area contributed by atoms with E-state index in [4.69, 9.17) is 4.74 Å². The molecular weight excluding hydrogens is 413 g/mol.